The van der Waals surface area contributed by atoms with Crippen molar-refractivity contribution in [1.29, 1.82) is 0 Å². The maximum Gasteiger partial charge on any atom is 0.268 e. The number of aromatic nitrogens is 4. The van der Waals surface area contributed by atoms with Crippen molar-refractivity contribution in [2.24, 2.45) is 0 Å². The Labute approximate surface area is 143 Å². The Balaban J connectivity index is 1.86. The highest BCUT2D eigenvalue weighted by atomic mass is 16.2. The molecular formula is C19H15N5O. The quantitative estimate of drug-likeness (QED) is 0.594. The molecule has 1 aromatic carbocycles. The van der Waals surface area contributed by atoms with Crippen LogP contribution in [0.1, 0.15) is 10.5 Å². The third-order valence-electron chi connectivity index (χ3n) is 4.64. The molecule has 0 atom stereocenters. The molecular weight excluding hydrogens is 314 g/mol. The molecule has 0 radical (unpaired) electrons. The van der Waals surface area contributed by atoms with Gasteiger partial charge in [-0.1, -0.05) is 30.3 Å². The molecule has 0 bridgehead atoms. The number of fused-ring (bicyclic) bond motifs is 2. The van der Waals surface area contributed by atoms with Gasteiger partial charge in [-0.25, -0.2) is 4.98 Å². The topological polar surface area (TPSA) is 75.6 Å². The minimum absolute atomic E-state index is 0.0335. The summed E-state index contributed by atoms with van der Waals surface area (Å²) in [6.45, 7) is 1.41. The summed E-state index contributed by atoms with van der Waals surface area (Å²) in [5.74, 6) is -0.0335. The molecule has 122 valence electrons. The van der Waals surface area contributed by atoms with Crippen LogP contribution in [0.15, 0.2) is 55.0 Å². The molecule has 25 heavy (non-hydrogen) atoms. The number of pyridine rings is 1. The highest BCUT2D eigenvalue weighted by molar-refractivity contribution is 6.07. The highest BCUT2D eigenvalue weighted by Crippen LogP contribution is 2.39. The van der Waals surface area contributed by atoms with E-state index < -0.39 is 0 Å². The van der Waals surface area contributed by atoms with E-state index in [1.807, 2.05) is 41.0 Å². The van der Waals surface area contributed by atoms with E-state index in [0.29, 0.717) is 12.2 Å². The fourth-order valence-corrected chi connectivity index (χ4v) is 3.54. The van der Waals surface area contributed by atoms with E-state index >= 15 is 0 Å². The van der Waals surface area contributed by atoms with Gasteiger partial charge in [-0.05, 0) is 17.2 Å². The molecule has 6 nitrogen and oxygen atoms in total. The van der Waals surface area contributed by atoms with Gasteiger partial charge >= 0.3 is 0 Å². The fraction of sp³-hybridized carbons (Fsp3) is 0.105. The van der Waals surface area contributed by atoms with Crippen molar-refractivity contribution in [2.45, 2.75) is 6.54 Å². The molecule has 0 spiro atoms. The van der Waals surface area contributed by atoms with Crippen molar-refractivity contribution in [3.8, 4) is 22.3 Å². The van der Waals surface area contributed by atoms with E-state index in [-0.39, 0.29) is 5.91 Å². The van der Waals surface area contributed by atoms with Crippen LogP contribution in [0.2, 0.25) is 0 Å². The number of aromatic amines is 1. The van der Waals surface area contributed by atoms with Gasteiger partial charge in [-0.15, -0.1) is 0 Å². The van der Waals surface area contributed by atoms with Crippen molar-refractivity contribution in [3.63, 3.8) is 0 Å². The number of carbonyl (C=O) groups excluding carboxylic acids is 1. The number of rotatable bonds is 2. The van der Waals surface area contributed by atoms with E-state index in [1.165, 1.54) is 0 Å². The first-order chi connectivity index (χ1) is 12.3. The van der Waals surface area contributed by atoms with Crippen molar-refractivity contribution < 1.29 is 4.79 Å². The average Bonchev–Trinajstić information content (AvgIpc) is 3.27. The Kier molecular flexibility index (Phi) is 2.97. The third-order valence-corrected chi connectivity index (χ3v) is 4.64. The Morgan fingerprint density at radius 1 is 1.08 bits per heavy atom. The maximum atomic E-state index is 12.6. The SMILES string of the molecule is O=C1NCCn2cc(-c3ccnc4[nH]ncc34)c(-c3ccccc3)c21. The summed E-state index contributed by atoms with van der Waals surface area (Å²) in [6, 6.07) is 12.0. The Morgan fingerprint density at radius 2 is 1.96 bits per heavy atom. The van der Waals surface area contributed by atoms with Crippen LogP contribution in [-0.4, -0.2) is 32.2 Å². The molecule has 4 aromatic rings. The average molecular weight is 329 g/mol. The van der Waals surface area contributed by atoms with Crippen molar-refractivity contribution in [2.75, 3.05) is 6.54 Å². The lowest BCUT2D eigenvalue weighted by atomic mass is 9.95. The Hall–Kier alpha value is -3.41. The molecule has 0 saturated carbocycles. The molecule has 2 N–H and O–H groups in total. The van der Waals surface area contributed by atoms with Crippen LogP contribution in [0.25, 0.3) is 33.3 Å². The van der Waals surface area contributed by atoms with Gasteiger partial charge < -0.3 is 9.88 Å². The molecule has 0 aliphatic carbocycles. The second kappa shape index (κ2) is 5.31. The van der Waals surface area contributed by atoms with Crippen LogP contribution in [0.5, 0.6) is 0 Å². The summed E-state index contributed by atoms with van der Waals surface area (Å²) in [4.78, 5) is 16.9. The van der Waals surface area contributed by atoms with Crippen molar-refractivity contribution >= 4 is 16.9 Å². The summed E-state index contributed by atoms with van der Waals surface area (Å²) in [6.07, 6.45) is 5.61. The number of amides is 1. The molecule has 4 heterocycles. The largest absolute Gasteiger partial charge is 0.349 e. The molecule has 6 heteroatoms. The van der Waals surface area contributed by atoms with Gasteiger partial charge in [0.2, 0.25) is 0 Å². The van der Waals surface area contributed by atoms with E-state index in [4.69, 9.17) is 0 Å². The number of nitrogens with zero attached hydrogens (tertiary/aromatic N) is 3. The van der Waals surface area contributed by atoms with Gasteiger partial charge in [0.15, 0.2) is 5.65 Å². The minimum Gasteiger partial charge on any atom is -0.349 e. The standard InChI is InChI=1S/C19H15N5O/c25-19-17-16(12-4-2-1-3-5-12)15(11-24(17)9-8-21-19)13-6-7-20-18-14(13)10-22-23-18/h1-7,10-11H,8-9H2,(H,21,25)(H,20,22,23). The van der Waals surface area contributed by atoms with Gasteiger partial charge in [-0.3, -0.25) is 9.89 Å². The Bertz CT molecular complexity index is 1090. The van der Waals surface area contributed by atoms with Gasteiger partial charge in [-0.2, -0.15) is 5.10 Å². The van der Waals surface area contributed by atoms with E-state index in [9.17, 15) is 4.79 Å². The molecule has 0 saturated heterocycles. The van der Waals surface area contributed by atoms with Gasteiger partial charge in [0, 0.05) is 42.0 Å². The zero-order valence-corrected chi connectivity index (χ0v) is 13.4. The number of carbonyl (C=O) groups is 1. The molecule has 5 rings (SSSR count). The number of hydrogen-bond donors (Lipinski definition) is 2. The van der Waals surface area contributed by atoms with Crippen molar-refractivity contribution in [3.05, 3.63) is 60.7 Å². The lowest BCUT2D eigenvalue weighted by molar-refractivity contribution is 0.0929. The second-order valence-corrected chi connectivity index (χ2v) is 6.07. The van der Waals surface area contributed by atoms with E-state index in [0.717, 1.165) is 39.8 Å². The highest BCUT2D eigenvalue weighted by Gasteiger charge is 2.26. The maximum absolute atomic E-state index is 12.6. The Morgan fingerprint density at radius 3 is 2.84 bits per heavy atom. The van der Waals surface area contributed by atoms with Crippen molar-refractivity contribution in [1.82, 2.24) is 25.1 Å². The predicted molar refractivity (Wildman–Crippen MR) is 95.1 cm³/mol. The number of nitrogens with one attached hydrogen (secondary N) is 2. The van der Waals surface area contributed by atoms with E-state index in [2.05, 4.69) is 26.7 Å². The third kappa shape index (κ3) is 2.07. The number of benzene rings is 1. The molecule has 1 aliphatic heterocycles. The van der Waals surface area contributed by atoms with Gasteiger partial charge in [0.25, 0.3) is 5.91 Å². The minimum atomic E-state index is -0.0335. The predicted octanol–water partition coefficient (Wildman–Crippen LogP) is 2.84. The van der Waals surface area contributed by atoms with Crippen LogP contribution in [0, 0.1) is 0 Å². The van der Waals surface area contributed by atoms with Crippen LogP contribution in [0.4, 0.5) is 0 Å². The molecule has 0 fully saturated rings. The number of H-pyrrole nitrogens is 1. The zero-order valence-electron chi connectivity index (χ0n) is 13.4. The van der Waals surface area contributed by atoms with Crippen LogP contribution in [0.3, 0.4) is 0 Å². The smallest absolute Gasteiger partial charge is 0.268 e. The number of hydrogen-bond acceptors (Lipinski definition) is 3. The van der Waals surface area contributed by atoms with Crippen LogP contribution < -0.4 is 5.32 Å². The zero-order chi connectivity index (χ0) is 16.8. The molecule has 0 unspecified atom stereocenters. The van der Waals surface area contributed by atoms with Gasteiger partial charge in [0.1, 0.15) is 5.69 Å². The second-order valence-electron chi connectivity index (χ2n) is 6.07. The summed E-state index contributed by atoms with van der Waals surface area (Å²) in [7, 11) is 0. The summed E-state index contributed by atoms with van der Waals surface area (Å²) < 4.78 is 2.04. The fourth-order valence-electron chi connectivity index (χ4n) is 3.54. The molecule has 1 aliphatic rings. The normalized spacial score (nSPS) is 13.7. The summed E-state index contributed by atoms with van der Waals surface area (Å²) in [5, 5.41) is 10.9. The summed E-state index contributed by atoms with van der Waals surface area (Å²) >= 11 is 0. The first kappa shape index (κ1) is 14.0. The van der Waals surface area contributed by atoms with Crippen LogP contribution in [-0.2, 0) is 6.54 Å². The van der Waals surface area contributed by atoms with Crippen LogP contribution >= 0.6 is 0 Å². The first-order valence-corrected chi connectivity index (χ1v) is 8.18. The van der Waals surface area contributed by atoms with Gasteiger partial charge in [0.05, 0.1) is 6.20 Å². The lowest BCUT2D eigenvalue weighted by Gasteiger charge is -2.17. The lowest BCUT2D eigenvalue weighted by Crippen LogP contribution is -2.35. The van der Waals surface area contributed by atoms with E-state index in [1.54, 1.807) is 12.4 Å². The monoisotopic (exact) mass is 329 g/mol. The molecule has 1 amide bonds. The summed E-state index contributed by atoms with van der Waals surface area (Å²) in [5.41, 5.74) is 5.47. The molecule has 3 aromatic heterocycles. The first-order valence-electron chi connectivity index (χ1n) is 8.18.